The third-order valence-corrected chi connectivity index (χ3v) is 19.8. The minimum absolute atomic E-state index is 0. The molecule has 3 aliphatic heterocycles. The van der Waals surface area contributed by atoms with E-state index in [0.717, 1.165) is 118 Å². The van der Waals surface area contributed by atoms with E-state index < -0.39 is 52.8 Å². The number of aryl methyl sites for hydroxylation is 2. The van der Waals surface area contributed by atoms with Crippen molar-refractivity contribution in [3.05, 3.63) is 218 Å². The van der Waals surface area contributed by atoms with Crippen molar-refractivity contribution in [3.63, 3.8) is 0 Å². The Kier molecular flexibility index (Phi) is 19.3. The van der Waals surface area contributed by atoms with Gasteiger partial charge in [0.15, 0.2) is 16.8 Å². The van der Waals surface area contributed by atoms with E-state index in [2.05, 4.69) is 52.5 Å². The van der Waals surface area contributed by atoms with E-state index in [0.29, 0.717) is 44.6 Å². The second-order valence-corrected chi connectivity index (χ2v) is 29.7. The highest BCUT2D eigenvalue weighted by molar-refractivity contribution is 6.62. The predicted molar refractivity (Wildman–Crippen MR) is 403 cm³/mol. The van der Waals surface area contributed by atoms with Gasteiger partial charge in [-0.15, -0.1) is 0 Å². The van der Waals surface area contributed by atoms with E-state index in [9.17, 15) is 29.8 Å². The molecule has 103 heavy (non-hydrogen) atoms. The molecule has 0 bridgehead atoms. The molecule has 1 saturated heterocycles. The molecule has 15 rings (SSSR count). The molecule has 4 N–H and O–H groups in total. The van der Waals surface area contributed by atoms with Gasteiger partial charge in [-0.05, 0) is 187 Å². The lowest BCUT2D eigenvalue weighted by Crippen LogP contribution is -2.52. The third kappa shape index (κ3) is 14.2. The number of nitrogens with one attached hydrogen (secondary N) is 4. The topological polar surface area (TPSA) is 267 Å². The fraction of sp³-hybridized carbons (Fsp3) is 0.316. The monoisotopic (exact) mass is 1410 g/mol. The maximum absolute atomic E-state index is 12.8. The normalized spacial score (nSPS) is 15.7. The number of carbonyl (C=O) groups excluding carboxylic acids is 2. The molecule has 22 nitrogen and oxygen atoms in total. The number of halogens is 1. The number of rotatable bonds is 10. The number of fused-ring (bicyclic) bond motifs is 10. The molecule has 0 unspecified atom stereocenters. The summed E-state index contributed by atoms with van der Waals surface area (Å²) in [5.41, 5.74) is 11.0. The number of nitro benzene ring substituents is 2. The summed E-state index contributed by atoms with van der Waals surface area (Å²) in [5.74, 6) is 2.84. The molecule has 5 aliphatic rings. The molecule has 6 aromatic carbocycles. The average molecular weight is 1410 g/mol. The molecular formula is C79H84BClN12O10. The number of benzene rings is 6. The standard InChI is InChI=1S/C36H34N6O4.C29H28ClN5O2.C13H18BNO4.CH4/c1-22-12-13-24(21-29(22)42(44)45)30-31(23-14-16-25(17-15-23)36(18-8-19-36)40-34(43)46-35(2,3)4)41-28-11-7-20-37-32(28)38-27-10-6-5-9-26(27)33(41)39-30;1-28(2,3)37-27(36)34-29(15-7-16-29)19-13-11-18(12-14-19)23-24(30)33-26-20-8-4-5-9-21(20)32-25-22(35(23)26)10-6-17-31-25;1-9-6-7-10(8-11(9)15(16)17)14-18-12(2,3)13(4,5)19-14;/h5-7,9-17,20-21H,8,18-19H2,1-4H3,(H,37,38)(H,40,43);4-6,8-14,17H,7,15-16H2,1-3H3,(H,31,32)(H,34,36);6-8H,1-5H3;1H4. The number of amides is 2. The van der Waals surface area contributed by atoms with Crippen LogP contribution >= 0.6 is 11.6 Å². The van der Waals surface area contributed by atoms with E-state index in [1.54, 1.807) is 44.4 Å². The average Bonchev–Trinajstić information content (AvgIpc) is 1.61. The number of hydrogen-bond donors (Lipinski definition) is 4. The SMILES string of the molecule is C.CC(C)(C)OC(=O)NC1(c2ccc(-c3c(Cl)nc4n3-c3cccnc3Nc3ccccc3-4)cc2)CCC1.Cc1ccc(-c2nc3n(c2-c2ccc(C4(NC(=O)OC(C)(C)C)CCC4)cc2)-c2cccnc2Nc2ccccc2-3)cc1[N+](=O)[O-].Cc1ccc(B2OC(C)(C)C(C)(C)O2)cc1[N+](=O)[O-]. The van der Waals surface area contributed by atoms with Crippen molar-refractivity contribution in [2.24, 2.45) is 0 Å². The molecule has 530 valence electrons. The lowest BCUT2D eigenvalue weighted by Gasteiger charge is -2.43. The second-order valence-electron chi connectivity index (χ2n) is 29.4. The van der Waals surface area contributed by atoms with Gasteiger partial charge in [0, 0.05) is 63.5 Å². The number of ether oxygens (including phenoxy) is 2. The molecule has 10 aromatic rings. The fourth-order valence-electron chi connectivity index (χ4n) is 13.4. The molecule has 2 aliphatic carbocycles. The first-order valence-electron chi connectivity index (χ1n) is 34.1. The number of nitro groups is 2. The van der Waals surface area contributed by atoms with Crippen LogP contribution in [0.25, 0.3) is 67.9 Å². The number of para-hydroxylation sites is 2. The highest BCUT2D eigenvalue weighted by Crippen LogP contribution is 2.49. The Hall–Kier alpha value is -10.7. The number of pyridine rings is 2. The number of anilines is 4. The summed E-state index contributed by atoms with van der Waals surface area (Å²) >= 11 is 6.81. The molecule has 4 aromatic heterocycles. The van der Waals surface area contributed by atoms with Crippen molar-refractivity contribution in [1.82, 2.24) is 39.7 Å². The quantitative estimate of drug-likeness (QED) is 0.0563. The molecule has 0 spiro atoms. The summed E-state index contributed by atoms with van der Waals surface area (Å²) in [7, 11) is -0.565. The minimum Gasteiger partial charge on any atom is -0.444 e. The van der Waals surface area contributed by atoms with Crippen molar-refractivity contribution < 1.29 is 38.2 Å². The van der Waals surface area contributed by atoms with Gasteiger partial charge in [-0.3, -0.25) is 29.4 Å². The Balaban J connectivity index is 0.000000157. The van der Waals surface area contributed by atoms with Crippen LogP contribution in [0.5, 0.6) is 0 Å². The molecule has 0 atom stereocenters. The van der Waals surface area contributed by atoms with Crippen LogP contribution in [-0.4, -0.2) is 80.6 Å². The van der Waals surface area contributed by atoms with Crippen molar-refractivity contribution in [2.75, 3.05) is 10.6 Å². The molecule has 2 saturated carbocycles. The first-order chi connectivity index (χ1) is 48.4. The summed E-state index contributed by atoms with van der Waals surface area (Å²) in [6.45, 7) is 22.4. The molecular weight excluding hydrogens is 1320 g/mol. The lowest BCUT2D eigenvalue weighted by atomic mass is 9.71. The van der Waals surface area contributed by atoms with Gasteiger partial charge in [-0.2, -0.15) is 0 Å². The number of aromatic nitrogens is 6. The van der Waals surface area contributed by atoms with Gasteiger partial charge in [-0.1, -0.05) is 116 Å². The van der Waals surface area contributed by atoms with E-state index in [-0.39, 0.29) is 28.6 Å². The highest BCUT2D eigenvalue weighted by atomic mass is 35.5. The largest absolute Gasteiger partial charge is 0.495 e. The van der Waals surface area contributed by atoms with Crippen LogP contribution in [0, 0.1) is 34.1 Å². The van der Waals surface area contributed by atoms with E-state index in [4.69, 9.17) is 40.4 Å². The summed E-state index contributed by atoms with van der Waals surface area (Å²) in [6.07, 6.45) is 8.10. The Labute approximate surface area is 604 Å². The molecule has 24 heteroatoms. The van der Waals surface area contributed by atoms with Crippen LogP contribution in [0.2, 0.25) is 5.15 Å². The number of nitrogens with zero attached hydrogens (tertiary/aromatic N) is 8. The van der Waals surface area contributed by atoms with E-state index in [1.807, 2.05) is 191 Å². The molecule has 3 fully saturated rings. The lowest BCUT2D eigenvalue weighted by molar-refractivity contribution is -0.385. The number of imidazole rings is 2. The van der Waals surface area contributed by atoms with Gasteiger partial charge >= 0.3 is 19.3 Å². The predicted octanol–water partition coefficient (Wildman–Crippen LogP) is 18.5. The van der Waals surface area contributed by atoms with Crippen LogP contribution in [0.4, 0.5) is 44.0 Å². The van der Waals surface area contributed by atoms with Crippen LogP contribution < -0.4 is 26.7 Å². The second kappa shape index (κ2) is 27.6. The van der Waals surface area contributed by atoms with Crippen LogP contribution in [0.1, 0.15) is 137 Å². The Morgan fingerprint density at radius 1 is 0.563 bits per heavy atom. The number of carbonyl (C=O) groups is 2. The Morgan fingerprint density at radius 3 is 1.43 bits per heavy atom. The van der Waals surface area contributed by atoms with Crippen LogP contribution in [0.15, 0.2) is 170 Å². The molecule has 2 amide bonds. The molecule has 0 radical (unpaired) electrons. The molecule has 7 heterocycles. The first-order valence-corrected chi connectivity index (χ1v) is 34.4. The van der Waals surface area contributed by atoms with Crippen LogP contribution in [-0.2, 0) is 29.9 Å². The highest BCUT2D eigenvalue weighted by Gasteiger charge is 2.52. The maximum atomic E-state index is 12.8. The summed E-state index contributed by atoms with van der Waals surface area (Å²) in [6, 6.07) is 50.4. The van der Waals surface area contributed by atoms with Gasteiger partial charge < -0.3 is 40.0 Å². The zero-order valence-corrected chi connectivity index (χ0v) is 59.8. The third-order valence-electron chi connectivity index (χ3n) is 19.6. The van der Waals surface area contributed by atoms with Crippen molar-refractivity contribution >= 4 is 70.8 Å². The van der Waals surface area contributed by atoms with Gasteiger partial charge in [0.1, 0.15) is 22.9 Å². The van der Waals surface area contributed by atoms with Crippen molar-refractivity contribution in [1.29, 1.82) is 0 Å². The summed E-state index contributed by atoms with van der Waals surface area (Å²) in [5, 5.41) is 36.5. The number of hydrogen-bond acceptors (Lipinski definition) is 16. The zero-order chi connectivity index (χ0) is 72.4. The van der Waals surface area contributed by atoms with Gasteiger partial charge in [-0.25, -0.2) is 29.5 Å². The van der Waals surface area contributed by atoms with Crippen molar-refractivity contribution in [2.45, 2.75) is 163 Å². The smallest absolute Gasteiger partial charge is 0.444 e. The zero-order valence-electron chi connectivity index (χ0n) is 59.0. The van der Waals surface area contributed by atoms with Crippen LogP contribution in [0.3, 0.4) is 0 Å². The minimum atomic E-state index is -0.598. The van der Waals surface area contributed by atoms with E-state index >= 15 is 0 Å². The van der Waals surface area contributed by atoms with Crippen molar-refractivity contribution in [3.8, 4) is 67.9 Å². The first kappa shape index (κ1) is 72.1. The summed E-state index contributed by atoms with van der Waals surface area (Å²) < 4.78 is 27.0. The van der Waals surface area contributed by atoms with Gasteiger partial charge in [0.2, 0.25) is 0 Å². The van der Waals surface area contributed by atoms with E-state index in [1.165, 1.54) is 6.07 Å². The summed E-state index contributed by atoms with van der Waals surface area (Å²) in [4.78, 5) is 66.8. The fourth-order valence-corrected chi connectivity index (χ4v) is 13.6. The van der Waals surface area contributed by atoms with Gasteiger partial charge in [0.05, 0.1) is 72.0 Å². The van der Waals surface area contributed by atoms with Gasteiger partial charge in [0.25, 0.3) is 11.4 Å². The maximum Gasteiger partial charge on any atom is 0.495 e. The number of alkyl carbamates (subject to hydrolysis) is 2. The Bertz CT molecular complexity index is 4920. The Morgan fingerprint density at radius 2 is 0.981 bits per heavy atom.